The Labute approximate surface area is 124 Å². The van der Waals surface area contributed by atoms with Crippen LogP contribution in [0.4, 0.5) is 0 Å². The molecule has 4 rings (SSSR count). The Morgan fingerprint density at radius 3 is 3.05 bits per heavy atom. The number of nitrogens with zero attached hydrogens (tertiary/aromatic N) is 6. The number of hydrogen-bond donors (Lipinski definition) is 0. The molecule has 7 nitrogen and oxygen atoms in total. The molecule has 0 saturated carbocycles. The number of aromatic nitrogens is 5. The number of carbonyl (C=O) groups is 1. The molecule has 1 aromatic carbocycles. The predicted molar refractivity (Wildman–Crippen MR) is 77.0 cm³/mol. The van der Waals surface area contributed by atoms with Crippen molar-refractivity contribution in [2.24, 2.45) is 0 Å². The fraction of sp³-hybridized carbons (Fsp3) is 0.308. The number of likely N-dealkylation sites (tertiary alicyclic amines) is 1. The molecule has 1 fully saturated rings. The molecule has 1 amide bonds. The number of hydrogen-bond acceptors (Lipinski definition) is 6. The number of carbonyl (C=O) groups excluding carboxylic acids is 1. The van der Waals surface area contributed by atoms with Crippen LogP contribution in [0.2, 0.25) is 0 Å². The highest BCUT2D eigenvalue weighted by atomic mass is 32.1. The normalized spacial score (nSPS) is 18.5. The lowest BCUT2D eigenvalue weighted by molar-refractivity contribution is 0.0787. The van der Waals surface area contributed by atoms with E-state index in [-0.39, 0.29) is 11.9 Å². The standard InChI is InChI=1S/C13H12N6OS/c20-13(9-1-2-11-12(7-9)16-21-15-11)18-5-3-10(8-18)19-6-4-14-17-19/h1-2,4,6-7,10H,3,5,8H2/t10-/m0/s1. The number of amides is 1. The second kappa shape index (κ2) is 4.88. The molecule has 3 heterocycles. The van der Waals surface area contributed by atoms with E-state index in [4.69, 9.17) is 0 Å². The monoisotopic (exact) mass is 300 g/mol. The minimum absolute atomic E-state index is 0.0347. The molecule has 1 atom stereocenters. The largest absolute Gasteiger partial charge is 0.336 e. The van der Waals surface area contributed by atoms with Gasteiger partial charge in [0, 0.05) is 24.8 Å². The number of rotatable bonds is 2. The smallest absolute Gasteiger partial charge is 0.254 e. The van der Waals surface area contributed by atoms with E-state index >= 15 is 0 Å². The molecule has 8 heteroatoms. The van der Waals surface area contributed by atoms with E-state index in [1.54, 1.807) is 6.20 Å². The third-order valence-electron chi connectivity index (χ3n) is 3.77. The van der Waals surface area contributed by atoms with E-state index in [1.165, 1.54) is 0 Å². The van der Waals surface area contributed by atoms with Gasteiger partial charge in [-0.15, -0.1) is 5.10 Å². The first-order valence-electron chi connectivity index (χ1n) is 6.69. The van der Waals surface area contributed by atoms with Crippen molar-refractivity contribution < 1.29 is 4.79 Å². The zero-order valence-electron chi connectivity index (χ0n) is 11.1. The summed E-state index contributed by atoms with van der Waals surface area (Å²) in [4.78, 5) is 14.4. The highest BCUT2D eigenvalue weighted by Crippen LogP contribution is 2.23. The van der Waals surface area contributed by atoms with Crippen LogP contribution >= 0.6 is 11.7 Å². The lowest BCUT2D eigenvalue weighted by Gasteiger charge is -2.16. The molecule has 2 aromatic heterocycles. The van der Waals surface area contributed by atoms with Crippen LogP contribution in [-0.2, 0) is 0 Å². The summed E-state index contributed by atoms with van der Waals surface area (Å²) < 4.78 is 10.2. The maximum Gasteiger partial charge on any atom is 0.254 e. The summed E-state index contributed by atoms with van der Waals surface area (Å²) >= 11 is 1.16. The van der Waals surface area contributed by atoms with E-state index < -0.39 is 0 Å². The van der Waals surface area contributed by atoms with E-state index in [0.717, 1.165) is 35.7 Å². The lowest BCUT2D eigenvalue weighted by Crippen LogP contribution is -2.29. The van der Waals surface area contributed by atoms with Crippen molar-refractivity contribution in [3.05, 3.63) is 36.2 Å². The fourth-order valence-corrected chi connectivity index (χ4v) is 3.17. The summed E-state index contributed by atoms with van der Waals surface area (Å²) in [6.07, 6.45) is 4.40. The van der Waals surface area contributed by atoms with Crippen molar-refractivity contribution in [2.45, 2.75) is 12.5 Å². The first kappa shape index (κ1) is 12.4. The zero-order valence-corrected chi connectivity index (χ0v) is 11.9. The van der Waals surface area contributed by atoms with E-state index in [1.807, 2.05) is 34.0 Å². The van der Waals surface area contributed by atoms with Gasteiger partial charge in [-0.3, -0.25) is 4.79 Å². The minimum atomic E-state index is 0.0347. The Bertz CT molecular complexity index is 783. The van der Waals surface area contributed by atoms with Gasteiger partial charge in [-0.1, -0.05) is 5.21 Å². The maximum absolute atomic E-state index is 12.6. The van der Waals surface area contributed by atoms with Gasteiger partial charge in [0.1, 0.15) is 11.0 Å². The van der Waals surface area contributed by atoms with E-state index in [9.17, 15) is 4.79 Å². The summed E-state index contributed by atoms with van der Waals surface area (Å²) in [5.41, 5.74) is 2.27. The van der Waals surface area contributed by atoms with E-state index in [2.05, 4.69) is 19.1 Å². The third-order valence-corrected chi connectivity index (χ3v) is 4.32. The van der Waals surface area contributed by atoms with Crippen molar-refractivity contribution >= 4 is 28.7 Å². The second-order valence-electron chi connectivity index (χ2n) is 5.04. The molecule has 0 aliphatic carbocycles. The van der Waals surface area contributed by atoms with Gasteiger partial charge < -0.3 is 4.90 Å². The van der Waals surface area contributed by atoms with Crippen molar-refractivity contribution in [3.8, 4) is 0 Å². The SMILES string of the molecule is O=C(c1ccc2nsnc2c1)N1CC[C@H](n2ccnn2)C1. The Morgan fingerprint density at radius 1 is 1.29 bits per heavy atom. The molecule has 1 aliphatic rings. The fourth-order valence-electron chi connectivity index (χ4n) is 2.65. The molecule has 106 valence electrons. The van der Waals surface area contributed by atoms with Gasteiger partial charge in [0.2, 0.25) is 0 Å². The molecule has 3 aromatic rings. The van der Waals surface area contributed by atoms with Crippen LogP contribution in [0.25, 0.3) is 11.0 Å². The second-order valence-corrected chi connectivity index (χ2v) is 5.57. The molecule has 0 spiro atoms. The molecule has 1 aliphatic heterocycles. The van der Waals surface area contributed by atoms with Crippen LogP contribution in [0.5, 0.6) is 0 Å². The van der Waals surface area contributed by atoms with Gasteiger partial charge in [0.05, 0.1) is 24.0 Å². The van der Waals surface area contributed by atoms with Gasteiger partial charge in [-0.2, -0.15) is 8.75 Å². The molecular formula is C13H12N6OS. The molecule has 0 unspecified atom stereocenters. The molecule has 1 saturated heterocycles. The molecule has 21 heavy (non-hydrogen) atoms. The summed E-state index contributed by atoms with van der Waals surface area (Å²) in [6.45, 7) is 1.40. The molecule has 0 N–H and O–H groups in total. The average Bonchev–Trinajstić information content (AvgIpc) is 3.24. The van der Waals surface area contributed by atoms with Gasteiger partial charge >= 0.3 is 0 Å². The molecule has 0 radical (unpaired) electrons. The number of benzene rings is 1. The quantitative estimate of drug-likeness (QED) is 0.714. The highest BCUT2D eigenvalue weighted by Gasteiger charge is 2.28. The van der Waals surface area contributed by atoms with Crippen molar-refractivity contribution in [1.82, 2.24) is 28.6 Å². The summed E-state index contributed by atoms with van der Waals surface area (Å²) in [7, 11) is 0. The van der Waals surface area contributed by atoms with Crippen LogP contribution in [-0.4, -0.2) is 47.6 Å². The van der Waals surface area contributed by atoms with Crippen molar-refractivity contribution in [2.75, 3.05) is 13.1 Å². The highest BCUT2D eigenvalue weighted by molar-refractivity contribution is 7.00. The van der Waals surface area contributed by atoms with Gasteiger partial charge in [-0.25, -0.2) is 4.68 Å². The molecule has 0 bridgehead atoms. The first-order chi connectivity index (χ1) is 10.3. The zero-order chi connectivity index (χ0) is 14.2. The Morgan fingerprint density at radius 2 is 2.19 bits per heavy atom. The maximum atomic E-state index is 12.6. The van der Waals surface area contributed by atoms with Gasteiger partial charge in [-0.05, 0) is 24.6 Å². The average molecular weight is 300 g/mol. The van der Waals surface area contributed by atoms with Crippen LogP contribution < -0.4 is 0 Å². The lowest BCUT2D eigenvalue weighted by atomic mass is 10.2. The Kier molecular flexibility index (Phi) is 2.88. The van der Waals surface area contributed by atoms with E-state index in [0.29, 0.717) is 12.1 Å². The Balaban J connectivity index is 1.55. The summed E-state index contributed by atoms with van der Waals surface area (Å²) in [5.74, 6) is 0.0347. The summed E-state index contributed by atoms with van der Waals surface area (Å²) in [5, 5.41) is 7.83. The van der Waals surface area contributed by atoms with Crippen LogP contribution in [0.1, 0.15) is 22.8 Å². The van der Waals surface area contributed by atoms with Crippen LogP contribution in [0.15, 0.2) is 30.6 Å². The first-order valence-corrected chi connectivity index (χ1v) is 7.42. The van der Waals surface area contributed by atoms with Crippen molar-refractivity contribution in [1.29, 1.82) is 0 Å². The third kappa shape index (κ3) is 2.17. The summed E-state index contributed by atoms with van der Waals surface area (Å²) in [6, 6.07) is 5.68. The van der Waals surface area contributed by atoms with Crippen LogP contribution in [0, 0.1) is 0 Å². The van der Waals surface area contributed by atoms with Gasteiger partial charge in [0.25, 0.3) is 5.91 Å². The predicted octanol–water partition coefficient (Wildman–Crippen LogP) is 1.37. The molecular weight excluding hydrogens is 288 g/mol. The van der Waals surface area contributed by atoms with Crippen LogP contribution in [0.3, 0.4) is 0 Å². The topological polar surface area (TPSA) is 76.8 Å². The number of fused-ring (bicyclic) bond motifs is 1. The minimum Gasteiger partial charge on any atom is -0.336 e. The Hall–Kier alpha value is -2.35. The van der Waals surface area contributed by atoms with Crippen molar-refractivity contribution in [3.63, 3.8) is 0 Å². The van der Waals surface area contributed by atoms with Gasteiger partial charge in [0.15, 0.2) is 0 Å².